The number of hydrogen-bond acceptors (Lipinski definition) is 3. The first-order chi connectivity index (χ1) is 12.2. The van der Waals surface area contributed by atoms with Gasteiger partial charge in [-0.25, -0.2) is 0 Å². The SMILES string of the molecule is O=C(c1cccs1)N1CC[C@]23CCCC[C@H]2[C@H]1Cc1ccc(O)cc13. The molecule has 2 aliphatic carbocycles. The summed E-state index contributed by atoms with van der Waals surface area (Å²) >= 11 is 1.55. The van der Waals surface area contributed by atoms with E-state index < -0.39 is 0 Å². The van der Waals surface area contributed by atoms with Crippen LogP contribution in [0.4, 0.5) is 0 Å². The van der Waals surface area contributed by atoms with Crippen molar-refractivity contribution in [3.05, 3.63) is 51.7 Å². The molecule has 0 unspecified atom stereocenters. The maximum atomic E-state index is 13.1. The van der Waals surface area contributed by atoms with Crippen LogP contribution >= 0.6 is 11.3 Å². The fourth-order valence-electron chi connectivity index (χ4n) is 5.79. The van der Waals surface area contributed by atoms with Gasteiger partial charge in [0.25, 0.3) is 5.91 Å². The van der Waals surface area contributed by atoms with Crippen LogP contribution in [0.2, 0.25) is 0 Å². The van der Waals surface area contributed by atoms with Crippen molar-refractivity contribution in [1.82, 2.24) is 4.90 Å². The maximum absolute atomic E-state index is 13.1. The summed E-state index contributed by atoms with van der Waals surface area (Å²) in [4.78, 5) is 16.1. The number of fused-ring (bicyclic) bond motifs is 1. The molecule has 1 N–H and O–H groups in total. The Morgan fingerprint density at radius 1 is 1.24 bits per heavy atom. The van der Waals surface area contributed by atoms with Crippen molar-refractivity contribution >= 4 is 17.2 Å². The number of phenolic OH excluding ortho intramolecular Hbond substituents is 1. The van der Waals surface area contributed by atoms with Gasteiger partial charge in [0, 0.05) is 18.0 Å². The summed E-state index contributed by atoms with van der Waals surface area (Å²) in [5.74, 6) is 1.13. The van der Waals surface area contributed by atoms with E-state index in [9.17, 15) is 9.90 Å². The standard InChI is InChI=1S/C21H23NO2S/c23-15-7-6-14-12-18-16-4-1-2-8-21(16,17(14)13-15)9-10-22(18)20(24)19-5-3-11-25-19/h3,5-7,11,13,16,18,23H,1-2,4,8-10,12H2/t16-,18+,21+/m0/s1. The molecule has 2 bridgehead atoms. The number of benzene rings is 1. The zero-order valence-corrected chi connectivity index (χ0v) is 15.1. The number of likely N-dealkylation sites (tertiary alicyclic amines) is 1. The molecule has 1 amide bonds. The van der Waals surface area contributed by atoms with Gasteiger partial charge in [0.15, 0.2) is 0 Å². The summed E-state index contributed by atoms with van der Waals surface area (Å²) in [5, 5.41) is 12.1. The van der Waals surface area contributed by atoms with E-state index in [-0.39, 0.29) is 11.3 Å². The van der Waals surface area contributed by atoms with Crippen molar-refractivity contribution in [1.29, 1.82) is 0 Å². The molecule has 0 spiro atoms. The quantitative estimate of drug-likeness (QED) is 0.828. The monoisotopic (exact) mass is 353 g/mol. The number of nitrogens with zero attached hydrogens (tertiary/aromatic N) is 1. The molecule has 25 heavy (non-hydrogen) atoms. The summed E-state index contributed by atoms with van der Waals surface area (Å²) in [7, 11) is 0. The van der Waals surface area contributed by atoms with Crippen molar-refractivity contribution in [3.8, 4) is 5.75 Å². The second-order valence-corrected chi connectivity index (χ2v) is 8.79. The van der Waals surface area contributed by atoms with Crippen LogP contribution in [-0.4, -0.2) is 28.5 Å². The third kappa shape index (κ3) is 2.20. The number of phenols is 1. The molecule has 3 nitrogen and oxygen atoms in total. The van der Waals surface area contributed by atoms with Gasteiger partial charge in [0.05, 0.1) is 4.88 Å². The van der Waals surface area contributed by atoms with Gasteiger partial charge in [-0.15, -0.1) is 11.3 Å². The molecule has 1 aromatic heterocycles. The van der Waals surface area contributed by atoms with E-state index in [4.69, 9.17) is 0 Å². The minimum atomic E-state index is 0.168. The zero-order chi connectivity index (χ0) is 17.0. The second kappa shape index (κ2) is 5.60. The first-order valence-electron chi connectivity index (χ1n) is 9.36. The molecule has 4 heteroatoms. The summed E-state index contributed by atoms with van der Waals surface area (Å²) in [6.45, 7) is 0.840. The van der Waals surface area contributed by atoms with Crippen LogP contribution in [0.25, 0.3) is 0 Å². The maximum Gasteiger partial charge on any atom is 0.264 e. The average Bonchev–Trinajstić information content (AvgIpc) is 3.17. The van der Waals surface area contributed by atoms with Gasteiger partial charge >= 0.3 is 0 Å². The number of carbonyl (C=O) groups is 1. The van der Waals surface area contributed by atoms with Crippen LogP contribution in [-0.2, 0) is 11.8 Å². The third-order valence-corrected chi connectivity index (χ3v) is 7.67. The highest BCUT2D eigenvalue weighted by Crippen LogP contribution is 2.56. The van der Waals surface area contributed by atoms with Crippen LogP contribution < -0.4 is 0 Å². The summed E-state index contributed by atoms with van der Waals surface area (Å²) in [5.41, 5.74) is 2.88. The molecule has 2 aromatic rings. The van der Waals surface area contributed by atoms with E-state index in [2.05, 4.69) is 11.0 Å². The van der Waals surface area contributed by atoms with Crippen LogP contribution in [0.1, 0.15) is 52.9 Å². The molecule has 1 saturated carbocycles. The minimum absolute atomic E-state index is 0.168. The number of hydrogen-bond donors (Lipinski definition) is 1. The lowest BCUT2D eigenvalue weighted by molar-refractivity contribution is -0.00415. The van der Waals surface area contributed by atoms with E-state index in [0.717, 1.165) is 24.3 Å². The molecule has 1 saturated heterocycles. The van der Waals surface area contributed by atoms with Crippen LogP contribution in [0, 0.1) is 5.92 Å². The van der Waals surface area contributed by atoms with Crippen molar-refractivity contribution in [2.75, 3.05) is 6.54 Å². The molecule has 1 aromatic carbocycles. The van der Waals surface area contributed by atoms with Crippen molar-refractivity contribution in [2.24, 2.45) is 5.92 Å². The van der Waals surface area contributed by atoms with Gasteiger partial charge < -0.3 is 10.0 Å². The van der Waals surface area contributed by atoms with Gasteiger partial charge in [-0.1, -0.05) is 25.0 Å². The van der Waals surface area contributed by atoms with Crippen LogP contribution in [0.3, 0.4) is 0 Å². The summed E-state index contributed by atoms with van der Waals surface area (Å²) in [6.07, 6.45) is 6.88. The Morgan fingerprint density at radius 3 is 3.00 bits per heavy atom. The van der Waals surface area contributed by atoms with Crippen LogP contribution in [0.15, 0.2) is 35.7 Å². The third-order valence-electron chi connectivity index (χ3n) is 6.81. The number of rotatable bonds is 1. The number of thiophene rings is 1. The fraction of sp³-hybridized carbons (Fsp3) is 0.476. The predicted octanol–water partition coefficient (Wildman–Crippen LogP) is 4.35. The molecule has 3 aliphatic rings. The molecule has 130 valence electrons. The molecule has 2 fully saturated rings. The van der Waals surface area contributed by atoms with E-state index in [1.54, 1.807) is 17.4 Å². The minimum Gasteiger partial charge on any atom is -0.508 e. The van der Waals surface area contributed by atoms with Crippen molar-refractivity contribution < 1.29 is 9.90 Å². The van der Waals surface area contributed by atoms with E-state index in [1.807, 2.05) is 23.6 Å². The zero-order valence-electron chi connectivity index (χ0n) is 14.3. The molecule has 3 atom stereocenters. The lowest BCUT2D eigenvalue weighted by Gasteiger charge is -2.59. The summed E-state index contributed by atoms with van der Waals surface area (Å²) in [6, 6.07) is 10.1. The highest BCUT2D eigenvalue weighted by Gasteiger charge is 2.54. The molecule has 1 aliphatic heterocycles. The highest BCUT2D eigenvalue weighted by molar-refractivity contribution is 7.12. The smallest absolute Gasteiger partial charge is 0.264 e. The predicted molar refractivity (Wildman–Crippen MR) is 99.2 cm³/mol. The number of carbonyl (C=O) groups excluding carboxylic acids is 1. The largest absolute Gasteiger partial charge is 0.508 e. The van der Waals surface area contributed by atoms with Gasteiger partial charge in [0.1, 0.15) is 5.75 Å². The Kier molecular flexibility index (Phi) is 3.46. The van der Waals surface area contributed by atoms with Gasteiger partial charge in [0.2, 0.25) is 0 Å². The lowest BCUT2D eigenvalue weighted by atomic mass is 9.52. The topological polar surface area (TPSA) is 40.5 Å². The van der Waals surface area contributed by atoms with Gasteiger partial charge in [-0.2, -0.15) is 0 Å². The van der Waals surface area contributed by atoms with Gasteiger partial charge in [-0.3, -0.25) is 4.79 Å². The Morgan fingerprint density at radius 2 is 2.16 bits per heavy atom. The van der Waals surface area contributed by atoms with Crippen molar-refractivity contribution in [2.45, 2.75) is 50.0 Å². The molecule has 0 radical (unpaired) electrons. The average molecular weight is 353 g/mol. The van der Waals surface area contributed by atoms with E-state index in [1.165, 1.54) is 36.8 Å². The normalized spacial score (nSPS) is 30.5. The fourth-order valence-corrected chi connectivity index (χ4v) is 6.47. The lowest BCUT2D eigenvalue weighted by Crippen LogP contribution is -2.62. The highest BCUT2D eigenvalue weighted by atomic mass is 32.1. The Labute approximate surface area is 152 Å². The Hall–Kier alpha value is -1.81. The van der Waals surface area contributed by atoms with Crippen LogP contribution in [0.5, 0.6) is 5.75 Å². The molecule has 5 rings (SSSR count). The molecular weight excluding hydrogens is 330 g/mol. The second-order valence-electron chi connectivity index (χ2n) is 7.85. The number of amides is 1. The van der Waals surface area contributed by atoms with Gasteiger partial charge in [-0.05, 0) is 66.3 Å². The molecular formula is C21H23NO2S. The first-order valence-corrected chi connectivity index (χ1v) is 10.2. The first kappa shape index (κ1) is 15.4. The summed E-state index contributed by atoms with van der Waals surface area (Å²) < 4.78 is 0. The Bertz CT molecular complexity index is 815. The van der Waals surface area contributed by atoms with E-state index >= 15 is 0 Å². The molecule has 2 heterocycles. The number of aromatic hydroxyl groups is 1. The number of piperidine rings is 1. The van der Waals surface area contributed by atoms with Crippen molar-refractivity contribution in [3.63, 3.8) is 0 Å². The van der Waals surface area contributed by atoms with E-state index in [0.29, 0.717) is 17.7 Å². The Balaban J connectivity index is 1.59.